The highest BCUT2D eigenvalue weighted by Gasteiger charge is 2.28. The average Bonchev–Trinajstić information content (AvgIpc) is 2.94. The number of nitrogens with one attached hydrogen (secondary N) is 1. The van der Waals surface area contributed by atoms with Crippen molar-refractivity contribution in [2.75, 3.05) is 13.1 Å². The van der Waals surface area contributed by atoms with Gasteiger partial charge in [0.1, 0.15) is 5.75 Å². The minimum Gasteiger partial charge on any atom is -0.435 e. The van der Waals surface area contributed by atoms with Crippen molar-refractivity contribution in [1.82, 2.24) is 20.3 Å². The second kappa shape index (κ2) is 8.81. The van der Waals surface area contributed by atoms with Crippen molar-refractivity contribution in [1.29, 1.82) is 0 Å². The Balaban J connectivity index is 0.00000338. The molecule has 2 rings (SSSR count). The number of ether oxygens (including phenoxy) is 1. The summed E-state index contributed by atoms with van der Waals surface area (Å²) in [5, 5.41) is 9.47. The third kappa shape index (κ3) is 5.30. The zero-order chi connectivity index (χ0) is 18.6. The van der Waals surface area contributed by atoms with E-state index in [9.17, 15) is 22.4 Å². The lowest BCUT2D eigenvalue weighted by Gasteiger charge is -2.13. The number of halogens is 5. The van der Waals surface area contributed by atoms with E-state index < -0.39 is 31.5 Å². The van der Waals surface area contributed by atoms with Gasteiger partial charge in [0, 0.05) is 0 Å². The fourth-order valence-corrected chi connectivity index (χ4v) is 1.92. The van der Waals surface area contributed by atoms with Gasteiger partial charge in [-0.05, 0) is 31.2 Å². The molecule has 1 aromatic heterocycles. The summed E-state index contributed by atoms with van der Waals surface area (Å²) in [5.74, 6) is -4.09. The number of aromatic nitrogens is 3. The average molecular weight is 398 g/mol. The first kappa shape index (κ1) is 21.6. The van der Waals surface area contributed by atoms with Crippen molar-refractivity contribution in [2.24, 2.45) is 5.73 Å². The Hall–Kier alpha value is -2.40. The van der Waals surface area contributed by atoms with Crippen molar-refractivity contribution in [3.05, 3.63) is 35.7 Å². The zero-order valence-electron chi connectivity index (χ0n) is 13.5. The van der Waals surface area contributed by atoms with E-state index in [1.807, 2.05) is 5.32 Å². The minimum atomic E-state index is -3.22. The second-order valence-electron chi connectivity index (χ2n) is 5.05. The van der Waals surface area contributed by atoms with Gasteiger partial charge in [0.2, 0.25) is 0 Å². The molecule has 0 aliphatic carbocycles. The fourth-order valence-electron chi connectivity index (χ4n) is 1.92. The van der Waals surface area contributed by atoms with Crippen LogP contribution in [0.4, 0.5) is 17.6 Å². The van der Waals surface area contributed by atoms with E-state index in [4.69, 9.17) is 5.73 Å². The van der Waals surface area contributed by atoms with Gasteiger partial charge in [-0.2, -0.15) is 8.78 Å². The molecule has 0 aliphatic heterocycles. The van der Waals surface area contributed by atoms with Gasteiger partial charge in [-0.15, -0.1) is 17.5 Å². The van der Waals surface area contributed by atoms with E-state index in [-0.39, 0.29) is 29.5 Å². The van der Waals surface area contributed by atoms with Crippen molar-refractivity contribution in [3.8, 4) is 11.4 Å². The van der Waals surface area contributed by atoms with Gasteiger partial charge in [0.25, 0.3) is 11.8 Å². The number of nitrogens with two attached hydrogens (primary N) is 1. The summed E-state index contributed by atoms with van der Waals surface area (Å²) >= 11 is 0. The SMILES string of the molecule is Cc1c(C(=O)NCC(F)(F)CN)nnn1-c1ccc(OC(F)F)cc1.Cl. The van der Waals surface area contributed by atoms with Crippen LogP contribution in [0.5, 0.6) is 5.75 Å². The maximum atomic E-state index is 13.1. The predicted molar refractivity (Wildman–Crippen MR) is 86.3 cm³/mol. The zero-order valence-corrected chi connectivity index (χ0v) is 14.3. The van der Waals surface area contributed by atoms with Crippen molar-refractivity contribution in [2.45, 2.75) is 19.5 Å². The van der Waals surface area contributed by atoms with Crippen molar-refractivity contribution >= 4 is 18.3 Å². The largest absolute Gasteiger partial charge is 0.435 e. The maximum Gasteiger partial charge on any atom is 0.387 e. The molecule has 1 amide bonds. The molecule has 0 aliphatic rings. The normalized spacial score (nSPS) is 11.2. The van der Waals surface area contributed by atoms with Crippen LogP contribution in [0.3, 0.4) is 0 Å². The van der Waals surface area contributed by atoms with Crippen molar-refractivity contribution < 1.29 is 27.1 Å². The molecule has 12 heteroatoms. The monoisotopic (exact) mass is 397 g/mol. The predicted octanol–water partition coefficient (Wildman–Crippen LogP) is 1.92. The quantitative estimate of drug-likeness (QED) is 0.696. The molecule has 0 fully saturated rings. The van der Waals surface area contributed by atoms with E-state index in [1.54, 1.807) is 0 Å². The molecule has 0 saturated heterocycles. The standard InChI is InChI=1S/C14H15F4N5O2.ClH/c1-8-11(12(24)20-7-14(17,18)6-19)21-22-23(8)9-2-4-10(5-3-9)25-13(15)16;/h2-5,13H,6-7,19H2,1H3,(H,20,24);1H. The van der Waals surface area contributed by atoms with Crippen LogP contribution in [-0.4, -0.2) is 46.5 Å². The Kier molecular flexibility index (Phi) is 7.33. The van der Waals surface area contributed by atoms with Gasteiger partial charge in [0.15, 0.2) is 5.69 Å². The molecule has 0 bridgehead atoms. The second-order valence-corrected chi connectivity index (χ2v) is 5.05. The number of hydrogen-bond acceptors (Lipinski definition) is 5. The molecule has 2 aromatic rings. The number of carbonyl (C=O) groups is 1. The number of hydrogen-bond donors (Lipinski definition) is 2. The van der Waals surface area contributed by atoms with Gasteiger partial charge < -0.3 is 15.8 Å². The molecule has 1 heterocycles. The first-order valence-corrected chi connectivity index (χ1v) is 7.07. The lowest BCUT2D eigenvalue weighted by molar-refractivity contribution is -0.0498. The molecular weight excluding hydrogens is 382 g/mol. The summed E-state index contributed by atoms with van der Waals surface area (Å²) < 4.78 is 55.9. The van der Waals surface area contributed by atoms with Gasteiger partial charge in [-0.25, -0.2) is 13.5 Å². The van der Waals surface area contributed by atoms with Crippen molar-refractivity contribution in [3.63, 3.8) is 0 Å². The highest BCUT2D eigenvalue weighted by molar-refractivity contribution is 5.93. The number of alkyl halides is 4. The van der Waals surface area contributed by atoms with Crippen LogP contribution in [0, 0.1) is 6.92 Å². The molecular formula is C14H16ClF4N5O2. The molecule has 7 nitrogen and oxygen atoms in total. The topological polar surface area (TPSA) is 95.1 Å². The van der Waals surface area contributed by atoms with Crippen LogP contribution < -0.4 is 15.8 Å². The first-order valence-electron chi connectivity index (χ1n) is 7.07. The fraction of sp³-hybridized carbons (Fsp3) is 0.357. The van der Waals surface area contributed by atoms with Crippen LogP contribution in [0.15, 0.2) is 24.3 Å². The van der Waals surface area contributed by atoms with Gasteiger partial charge in [-0.1, -0.05) is 5.21 Å². The molecule has 0 unspecified atom stereocenters. The number of amides is 1. The van der Waals surface area contributed by atoms with E-state index in [1.165, 1.54) is 35.9 Å². The highest BCUT2D eigenvalue weighted by atomic mass is 35.5. The molecule has 3 N–H and O–H groups in total. The highest BCUT2D eigenvalue weighted by Crippen LogP contribution is 2.19. The molecule has 144 valence electrons. The van der Waals surface area contributed by atoms with Crippen LogP contribution in [-0.2, 0) is 0 Å². The van der Waals surface area contributed by atoms with E-state index in [0.717, 1.165) is 0 Å². The number of benzene rings is 1. The Morgan fingerprint density at radius 2 is 1.96 bits per heavy atom. The third-order valence-corrected chi connectivity index (χ3v) is 3.22. The summed E-state index contributed by atoms with van der Waals surface area (Å²) in [4.78, 5) is 11.9. The Morgan fingerprint density at radius 1 is 1.35 bits per heavy atom. The molecule has 0 atom stereocenters. The Morgan fingerprint density at radius 3 is 2.50 bits per heavy atom. The van der Waals surface area contributed by atoms with E-state index in [2.05, 4.69) is 15.0 Å². The van der Waals surface area contributed by atoms with Gasteiger partial charge in [-0.3, -0.25) is 4.79 Å². The maximum absolute atomic E-state index is 13.1. The summed E-state index contributed by atoms with van der Waals surface area (Å²) in [7, 11) is 0. The van der Waals surface area contributed by atoms with Gasteiger partial charge in [0.05, 0.1) is 24.5 Å². The lowest BCUT2D eigenvalue weighted by Crippen LogP contribution is -2.41. The third-order valence-electron chi connectivity index (χ3n) is 3.22. The summed E-state index contributed by atoms with van der Waals surface area (Å²) in [6, 6.07) is 5.46. The first-order chi connectivity index (χ1) is 11.7. The Labute approximate surface area is 151 Å². The number of carbonyl (C=O) groups excluding carboxylic acids is 1. The molecule has 0 radical (unpaired) electrons. The molecule has 26 heavy (non-hydrogen) atoms. The van der Waals surface area contributed by atoms with Crippen LogP contribution in [0.1, 0.15) is 16.2 Å². The Bertz CT molecular complexity index is 739. The molecule has 0 saturated carbocycles. The molecule has 0 spiro atoms. The minimum absolute atomic E-state index is 0. The smallest absolute Gasteiger partial charge is 0.387 e. The summed E-state index contributed by atoms with van der Waals surface area (Å²) in [5.41, 5.74) is 5.47. The van der Waals surface area contributed by atoms with Crippen LogP contribution in [0.2, 0.25) is 0 Å². The van der Waals surface area contributed by atoms with E-state index in [0.29, 0.717) is 5.69 Å². The summed E-state index contributed by atoms with van der Waals surface area (Å²) in [6.07, 6.45) is 0. The number of nitrogens with zero attached hydrogens (tertiary/aromatic N) is 3. The number of rotatable bonds is 7. The van der Waals surface area contributed by atoms with E-state index >= 15 is 0 Å². The van der Waals surface area contributed by atoms with Gasteiger partial charge >= 0.3 is 6.61 Å². The molecule has 1 aromatic carbocycles. The summed E-state index contributed by atoms with van der Waals surface area (Å²) in [6.45, 7) is -3.25. The van der Waals surface area contributed by atoms with Crippen LogP contribution in [0.25, 0.3) is 5.69 Å². The van der Waals surface area contributed by atoms with Crippen LogP contribution >= 0.6 is 12.4 Å². The lowest BCUT2D eigenvalue weighted by atomic mass is 10.2.